The number of urea groups is 1. The van der Waals surface area contributed by atoms with E-state index in [1.54, 1.807) is 18.3 Å². The summed E-state index contributed by atoms with van der Waals surface area (Å²) in [7, 11) is 0. The third-order valence-electron chi connectivity index (χ3n) is 5.73. The maximum atomic E-state index is 14.0. The Balaban J connectivity index is 1.42. The first-order valence-electron chi connectivity index (χ1n) is 11.1. The molecule has 4 aromatic rings. The summed E-state index contributed by atoms with van der Waals surface area (Å²) in [5.41, 5.74) is 6.30. The lowest BCUT2D eigenvalue weighted by Crippen LogP contribution is -2.35. The minimum atomic E-state index is -4.71. The van der Waals surface area contributed by atoms with Gasteiger partial charge in [0.05, 0.1) is 22.8 Å². The number of aliphatic imine (C=N–C) groups is 1. The number of carbonyl (C=O) groups excluding carboxylic acids is 2. The van der Waals surface area contributed by atoms with E-state index in [2.05, 4.69) is 25.7 Å². The Morgan fingerprint density at radius 3 is 2.54 bits per heavy atom. The van der Waals surface area contributed by atoms with Crippen LogP contribution >= 0.6 is 0 Å². The highest BCUT2D eigenvalue weighted by Crippen LogP contribution is 2.35. The van der Waals surface area contributed by atoms with E-state index >= 15 is 0 Å². The monoisotopic (exact) mass is 542 g/mol. The highest BCUT2D eigenvalue weighted by Gasteiger charge is 2.31. The number of hydrogen-bond acceptors (Lipinski definition) is 8. The van der Waals surface area contributed by atoms with Crippen LogP contribution in [0.1, 0.15) is 11.1 Å². The number of ether oxygens (including phenoxy) is 1. The average Bonchev–Trinajstić information content (AvgIpc) is 3.51. The van der Waals surface area contributed by atoms with Gasteiger partial charge in [0.1, 0.15) is 30.3 Å². The Bertz CT molecular complexity index is 1630. The molecule has 2 aromatic heterocycles. The molecule has 5 rings (SSSR count). The number of benzene rings is 2. The van der Waals surface area contributed by atoms with E-state index in [0.717, 1.165) is 0 Å². The van der Waals surface area contributed by atoms with Crippen molar-refractivity contribution in [1.82, 2.24) is 14.6 Å². The molecule has 0 saturated heterocycles. The van der Waals surface area contributed by atoms with Gasteiger partial charge in [0.25, 0.3) is 0 Å². The van der Waals surface area contributed by atoms with Crippen molar-refractivity contribution in [3.8, 4) is 11.1 Å². The van der Waals surface area contributed by atoms with E-state index in [9.17, 15) is 32.3 Å². The van der Waals surface area contributed by atoms with Gasteiger partial charge in [-0.2, -0.15) is 18.3 Å². The summed E-state index contributed by atoms with van der Waals surface area (Å²) in [5, 5.41) is 19.8. The lowest BCUT2D eigenvalue weighted by molar-refractivity contribution is -0.307. The fourth-order valence-corrected chi connectivity index (χ4v) is 3.93. The normalized spacial score (nSPS) is 15.1. The van der Waals surface area contributed by atoms with Crippen molar-refractivity contribution in [3.63, 3.8) is 0 Å². The molecule has 1 aliphatic heterocycles. The maximum Gasteiger partial charge on any atom is 0.416 e. The second kappa shape index (κ2) is 9.59. The topological polar surface area (TPSA) is 159 Å². The van der Waals surface area contributed by atoms with Crippen molar-refractivity contribution in [2.24, 2.45) is 4.99 Å². The number of anilines is 3. The Hall–Kier alpha value is -5.21. The number of fused-ring (bicyclic) bond motifs is 1. The van der Waals surface area contributed by atoms with Gasteiger partial charge < -0.3 is 31.0 Å². The third-order valence-corrected chi connectivity index (χ3v) is 5.73. The molecule has 1 unspecified atom stereocenters. The molecule has 0 bridgehead atoms. The van der Waals surface area contributed by atoms with Gasteiger partial charge in [-0.3, -0.25) is 0 Å². The molecule has 0 spiro atoms. The first kappa shape index (κ1) is 25.4. The zero-order chi connectivity index (χ0) is 27.9. The van der Waals surface area contributed by atoms with Gasteiger partial charge in [0.2, 0.25) is 5.90 Å². The number of nitrogens with two attached hydrogens (primary N) is 1. The summed E-state index contributed by atoms with van der Waals surface area (Å²) in [6.07, 6.45) is -1.94. The minimum Gasteiger partial charge on any atom is -0.548 e. The third kappa shape index (κ3) is 5.01. The summed E-state index contributed by atoms with van der Waals surface area (Å²) in [4.78, 5) is 31.6. The van der Waals surface area contributed by atoms with Crippen LogP contribution in [0.25, 0.3) is 16.6 Å². The van der Waals surface area contributed by atoms with E-state index in [4.69, 9.17) is 10.5 Å². The number of carboxylic acids is 1. The molecule has 2 aromatic carbocycles. The van der Waals surface area contributed by atoms with Crippen LogP contribution < -0.4 is 21.5 Å². The van der Waals surface area contributed by atoms with Crippen molar-refractivity contribution in [2.45, 2.75) is 12.2 Å². The van der Waals surface area contributed by atoms with Gasteiger partial charge in [-0.15, -0.1) is 0 Å². The smallest absolute Gasteiger partial charge is 0.416 e. The van der Waals surface area contributed by atoms with E-state index in [1.807, 2.05) is 0 Å². The molecular formula is C24H16F4N7O4-. The summed E-state index contributed by atoms with van der Waals surface area (Å²) in [6, 6.07) is 5.61. The van der Waals surface area contributed by atoms with Gasteiger partial charge in [-0.25, -0.2) is 23.7 Å². The van der Waals surface area contributed by atoms with Gasteiger partial charge in [0, 0.05) is 17.4 Å². The lowest BCUT2D eigenvalue weighted by Gasteiger charge is -2.12. The summed E-state index contributed by atoms with van der Waals surface area (Å²) >= 11 is 0. The summed E-state index contributed by atoms with van der Waals surface area (Å²) < 4.78 is 59.7. The first-order valence-corrected chi connectivity index (χ1v) is 11.1. The van der Waals surface area contributed by atoms with Crippen molar-refractivity contribution >= 4 is 40.6 Å². The van der Waals surface area contributed by atoms with Gasteiger partial charge >= 0.3 is 12.2 Å². The second-order valence-corrected chi connectivity index (χ2v) is 8.29. The number of nitrogens with zero attached hydrogens (tertiary/aromatic N) is 4. The number of hydrogen-bond donors (Lipinski definition) is 3. The fourth-order valence-electron chi connectivity index (χ4n) is 3.93. The van der Waals surface area contributed by atoms with E-state index in [-0.39, 0.29) is 24.0 Å². The number of aliphatic carboxylic acids is 1. The molecular weight excluding hydrogens is 526 g/mol. The zero-order valence-electron chi connectivity index (χ0n) is 19.5. The maximum absolute atomic E-state index is 14.0. The molecule has 2 amide bonds. The second-order valence-electron chi connectivity index (χ2n) is 8.29. The Morgan fingerprint density at radius 1 is 1.13 bits per heavy atom. The highest BCUT2D eigenvalue weighted by molar-refractivity contribution is 6.08. The number of rotatable bonds is 5. The molecule has 39 heavy (non-hydrogen) atoms. The average molecular weight is 542 g/mol. The standard InChI is InChI=1S/C24H17F4N7O4/c25-15-6-3-12(24(26,27)28)7-16(15)34-23(38)32-13-4-1-11(2-5-13)18-14(21-33-17(9-39-21)22(36)37)8-35-19(18)20(29)30-10-31-35/h1-8,10,17H,9H2,(H,36,37)(H2,29,30,31)(H2,32,34,38)/p-1. The number of halogens is 4. The molecule has 11 nitrogen and oxygen atoms in total. The number of nitrogen functional groups attached to an aromatic ring is 1. The molecule has 0 radical (unpaired) electrons. The summed E-state index contributed by atoms with van der Waals surface area (Å²) in [6.45, 7) is -0.213. The van der Waals surface area contributed by atoms with E-state index in [0.29, 0.717) is 40.4 Å². The number of aromatic nitrogens is 3. The molecule has 0 saturated carbocycles. The van der Waals surface area contributed by atoms with Crippen molar-refractivity contribution in [1.29, 1.82) is 0 Å². The molecule has 0 aliphatic carbocycles. The molecule has 200 valence electrons. The lowest BCUT2D eigenvalue weighted by atomic mass is 10.0. The van der Waals surface area contributed by atoms with Crippen LogP contribution in [0.3, 0.4) is 0 Å². The largest absolute Gasteiger partial charge is 0.548 e. The number of alkyl halides is 3. The van der Waals surface area contributed by atoms with Crippen LogP contribution in [0.4, 0.5) is 39.5 Å². The predicted octanol–water partition coefficient (Wildman–Crippen LogP) is 2.68. The molecule has 3 heterocycles. The zero-order valence-corrected chi connectivity index (χ0v) is 19.5. The molecule has 15 heteroatoms. The van der Waals surface area contributed by atoms with Crippen LogP contribution in [0, 0.1) is 5.82 Å². The van der Waals surface area contributed by atoms with Crippen LogP contribution in [0.5, 0.6) is 0 Å². The number of carbonyl (C=O) groups is 2. The first-order chi connectivity index (χ1) is 18.5. The fraction of sp³-hybridized carbons (Fsp3) is 0.125. The van der Waals surface area contributed by atoms with Crippen molar-refractivity contribution < 1.29 is 37.0 Å². The number of amides is 2. The van der Waals surface area contributed by atoms with E-state index in [1.165, 1.54) is 23.0 Å². The van der Waals surface area contributed by atoms with Gasteiger partial charge in [-0.1, -0.05) is 12.1 Å². The molecule has 4 N–H and O–H groups in total. The van der Waals surface area contributed by atoms with Crippen LogP contribution in [0.2, 0.25) is 0 Å². The quantitative estimate of drug-likeness (QED) is 0.327. The van der Waals surface area contributed by atoms with Crippen LogP contribution in [-0.4, -0.2) is 45.1 Å². The molecule has 1 atom stereocenters. The van der Waals surface area contributed by atoms with Crippen molar-refractivity contribution in [3.05, 3.63) is 71.9 Å². The van der Waals surface area contributed by atoms with Crippen LogP contribution in [-0.2, 0) is 15.7 Å². The van der Waals surface area contributed by atoms with E-state index < -0.39 is 41.3 Å². The van der Waals surface area contributed by atoms with Gasteiger partial charge in [0.15, 0.2) is 5.82 Å². The minimum absolute atomic E-state index is 0.0359. The predicted molar refractivity (Wildman–Crippen MR) is 128 cm³/mol. The molecule has 0 fully saturated rings. The van der Waals surface area contributed by atoms with Gasteiger partial charge in [-0.05, 0) is 35.9 Å². The number of carboxylic acid groups (broad SMARTS) is 1. The van der Waals surface area contributed by atoms with Crippen molar-refractivity contribution in [2.75, 3.05) is 23.0 Å². The SMILES string of the molecule is Nc1ncnn2cc(C3=NC(C(=O)[O-])CO3)c(-c3ccc(NC(=O)Nc4cc(C(F)(F)F)ccc4F)cc3)c12. The highest BCUT2D eigenvalue weighted by atomic mass is 19.4. The Labute approximate surface area is 215 Å². The summed E-state index contributed by atoms with van der Waals surface area (Å²) in [5.74, 6) is -2.28. The Kier molecular flexibility index (Phi) is 6.25. The van der Waals surface area contributed by atoms with Crippen LogP contribution in [0.15, 0.2) is 60.0 Å². The number of nitrogens with one attached hydrogen (secondary N) is 2. The Morgan fingerprint density at radius 2 is 1.87 bits per heavy atom. The molecule has 1 aliphatic rings.